The van der Waals surface area contributed by atoms with Gasteiger partial charge in [-0.1, -0.05) is 42.5 Å². The van der Waals surface area contributed by atoms with Gasteiger partial charge in [-0.05, 0) is 24.3 Å². The van der Waals surface area contributed by atoms with Gasteiger partial charge in [-0.2, -0.15) is 4.31 Å². The van der Waals surface area contributed by atoms with Crippen molar-refractivity contribution >= 4 is 20.8 Å². The van der Waals surface area contributed by atoms with Crippen LogP contribution in [0.25, 0.3) is 10.8 Å². The van der Waals surface area contributed by atoms with E-state index in [0.717, 1.165) is 23.6 Å². The van der Waals surface area contributed by atoms with Crippen molar-refractivity contribution < 1.29 is 8.42 Å². The Morgan fingerprint density at radius 1 is 1.15 bits per heavy atom. The summed E-state index contributed by atoms with van der Waals surface area (Å²) in [4.78, 5) is 0.393. The minimum atomic E-state index is -3.46. The van der Waals surface area contributed by atoms with Crippen molar-refractivity contribution in [2.75, 3.05) is 6.54 Å². The molecule has 0 unspecified atom stereocenters. The minimum Gasteiger partial charge on any atom is -0.207 e. The molecule has 2 aromatic carbocycles. The van der Waals surface area contributed by atoms with Gasteiger partial charge in [0, 0.05) is 18.0 Å². The van der Waals surface area contributed by atoms with Crippen LogP contribution in [0.5, 0.6) is 0 Å². The average Bonchev–Trinajstić information content (AvgIpc) is 3.28. The van der Waals surface area contributed by atoms with Crippen molar-refractivity contribution in [2.45, 2.75) is 23.8 Å². The van der Waals surface area contributed by atoms with Gasteiger partial charge < -0.3 is 0 Å². The lowest BCUT2D eigenvalue weighted by atomic mass is 10.1. The van der Waals surface area contributed by atoms with E-state index < -0.39 is 10.0 Å². The summed E-state index contributed by atoms with van der Waals surface area (Å²) in [6.45, 7) is 4.05. The standard InChI is InChI=1S/C16H17NO2S/c1-2-12-17(14-10-11-14)20(18,19)16-9-5-7-13-6-3-4-8-15(13)16/h2-9,14H,1,10-12H2. The first-order valence-corrected chi connectivity index (χ1v) is 8.19. The molecule has 0 spiro atoms. The summed E-state index contributed by atoms with van der Waals surface area (Å²) in [6.07, 6.45) is 3.54. The van der Waals surface area contributed by atoms with Gasteiger partial charge in [-0.15, -0.1) is 6.58 Å². The molecular weight excluding hydrogens is 270 g/mol. The highest BCUT2D eigenvalue weighted by molar-refractivity contribution is 7.89. The van der Waals surface area contributed by atoms with Crippen molar-refractivity contribution in [1.82, 2.24) is 4.31 Å². The molecule has 0 atom stereocenters. The summed E-state index contributed by atoms with van der Waals surface area (Å²) >= 11 is 0. The van der Waals surface area contributed by atoms with Crippen LogP contribution >= 0.6 is 0 Å². The number of sulfonamides is 1. The van der Waals surface area contributed by atoms with Crippen molar-refractivity contribution in [1.29, 1.82) is 0 Å². The van der Waals surface area contributed by atoms with Crippen LogP contribution in [0.2, 0.25) is 0 Å². The second kappa shape index (κ2) is 5.04. The van der Waals surface area contributed by atoms with E-state index in [2.05, 4.69) is 6.58 Å². The van der Waals surface area contributed by atoms with E-state index in [0.29, 0.717) is 11.4 Å². The minimum absolute atomic E-state index is 0.136. The van der Waals surface area contributed by atoms with Crippen molar-refractivity contribution in [3.8, 4) is 0 Å². The predicted molar refractivity (Wildman–Crippen MR) is 81.1 cm³/mol. The number of nitrogens with zero attached hydrogens (tertiary/aromatic N) is 1. The molecule has 0 aromatic heterocycles. The van der Waals surface area contributed by atoms with Crippen LogP contribution in [0.15, 0.2) is 60.0 Å². The molecule has 4 heteroatoms. The number of hydrogen-bond acceptors (Lipinski definition) is 2. The van der Waals surface area contributed by atoms with Crippen LogP contribution in [-0.2, 0) is 10.0 Å². The fourth-order valence-corrected chi connectivity index (χ4v) is 4.35. The normalized spacial score (nSPS) is 15.7. The number of hydrogen-bond donors (Lipinski definition) is 0. The Labute approximate surface area is 119 Å². The third-order valence-corrected chi connectivity index (χ3v) is 5.58. The molecule has 0 heterocycles. The molecule has 2 aromatic rings. The van der Waals surface area contributed by atoms with Gasteiger partial charge in [0.25, 0.3) is 0 Å². The molecule has 3 rings (SSSR count). The second-order valence-corrected chi connectivity index (χ2v) is 6.93. The lowest BCUT2D eigenvalue weighted by molar-refractivity contribution is 0.436. The first-order chi connectivity index (χ1) is 9.64. The molecule has 0 N–H and O–H groups in total. The third kappa shape index (κ3) is 2.25. The molecule has 104 valence electrons. The molecule has 0 radical (unpaired) electrons. The number of fused-ring (bicyclic) bond motifs is 1. The molecule has 1 aliphatic carbocycles. The first kappa shape index (κ1) is 13.3. The molecule has 0 amide bonds. The van der Waals surface area contributed by atoms with Gasteiger partial charge in [0.1, 0.15) is 0 Å². The molecule has 0 saturated heterocycles. The molecule has 20 heavy (non-hydrogen) atoms. The zero-order valence-electron chi connectivity index (χ0n) is 11.2. The van der Waals surface area contributed by atoms with Crippen molar-refractivity contribution in [3.05, 3.63) is 55.1 Å². The Morgan fingerprint density at radius 3 is 2.55 bits per heavy atom. The van der Waals surface area contributed by atoms with Crippen LogP contribution in [0.4, 0.5) is 0 Å². The van der Waals surface area contributed by atoms with Crippen molar-refractivity contribution in [2.24, 2.45) is 0 Å². The number of benzene rings is 2. The summed E-state index contributed by atoms with van der Waals surface area (Å²) in [5.41, 5.74) is 0. The zero-order valence-corrected chi connectivity index (χ0v) is 12.0. The molecule has 1 aliphatic rings. The maximum Gasteiger partial charge on any atom is 0.244 e. The van der Waals surface area contributed by atoms with Gasteiger partial charge in [0.2, 0.25) is 10.0 Å². The highest BCUT2D eigenvalue weighted by atomic mass is 32.2. The van der Waals surface area contributed by atoms with E-state index >= 15 is 0 Å². The quantitative estimate of drug-likeness (QED) is 0.792. The van der Waals surface area contributed by atoms with Gasteiger partial charge in [-0.3, -0.25) is 0 Å². The van der Waals surface area contributed by atoms with Crippen LogP contribution in [0.1, 0.15) is 12.8 Å². The van der Waals surface area contributed by atoms with Gasteiger partial charge in [-0.25, -0.2) is 8.42 Å². The second-order valence-electron chi connectivity index (χ2n) is 5.07. The topological polar surface area (TPSA) is 37.4 Å². The SMILES string of the molecule is C=CCN(C1CC1)S(=O)(=O)c1cccc2ccccc12. The van der Waals surface area contributed by atoms with E-state index in [1.165, 1.54) is 0 Å². The van der Waals surface area contributed by atoms with E-state index in [-0.39, 0.29) is 6.04 Å². The lowest BCUT2D eigenvalue weighted by Crippen LogP contribution is -2.33. The zero-order chi connectivity index (χ0) is 14.2. The molecule has 0 aliphatic heterocycles. The Hall–Kier alpha value is -1.65. The van der Waals surface area contributed by atoms with Crippen LogP contribution in [-0.4, -0.2) is 25.3 Å². The third-order valence-electron chi connectivity index (χ3n) is 3.60. The Balaban J connectivity index is 2.15. The van der Waals surface area contributed by atoms with Crippen LogP contribution in [0.3, 0.4) is 0 Å². The summed E-state index contributed by atoms with van der Waals surface area (Å²) in [7, 11) is -3.46. The average molecular weight is 287 g/mol. The fraction of sp³-hybridized carbons (Fsp3) is 0.250. The molecular formula is C16H17NO2S. The maximum absolute atomic E-state index is 12.9. The highest BCUT2D eigenvalue weighted by Gasteiger charge is 2.37. The molecule has 3 nitrogen and oxygen atoms in total. The number of rotatable bonds is 5. The highest BCUT2D eigenvalue weighted by Crippen LogP contribution is 2.34. The van der Waals surface area contributed by atoms with Gasteiger partial charge in [0.15, 0.2) is 0 Å². The fourth-order valence-electron chi connectivity index (χ4n) is 2.48. The van der Waals surface area contributed by atoms with Gasteiger partial charge in [0.05, 0.1) is 4.90 Å². The van der Waals surface area contributed by atoms with E-state index in [4.69, 9.17) is 0 Å². The Bertz CT molecular complexity index is 743. The Morgan fingerprint density at radius 2 is 1.85 bits per heavy atom. The smallest absolute Gasteiger partial charge is 0.207 e. The monoisotopic (exact) mass is 287 g/mol. The van der Waals surface area contributed by atoms with E-state index in [9.17, 15) is 8.42 Å². The van der Waals surface area contributed by atoms with Gasteiger partial charge >= 0.3 is 0 Å². The van der Waals surface area contributed by atoms with Crippen LogP contribution in [0, 0.1) is 0 Å². The molecule has 1 saturated carbocycles. The summed E-state index contributed by atoms with van der Waals surface area (Å²) in [6, 6.07) is 13.1. The van der Waals surface area contributed by atoms with E-state index in [1.54, 1.807) is 22.5 Å². The molecule has 0 bridgehead atoms. The summed E-state index contributed by atoms with van der Waals surface area (Å²) in [5, 5.41) is 1.73. The summed E-state index contributed by atoms with van der Waals surface area (Å²) in [5.74, 6) is 0. The van der Waals surface area contributed by atoms with E-state index in [1.807, 2.05) is 30.3 Å². The Kier molecular flexibility index (Phi) is 3.36. The predicted octanol–water partition coefficient (Wildman–Crippen LogP) is 3.18. The summed E-state index contributed by atoms with van der Waals surface area (Å²) < 4.78 is 27.4. The van der Waals surface area contributed by atoms with Crippen molar-refractivity contribution in [3.63, 3.8) is 0 Å². The lowest BCUT2D eigenvalue weighted by Gasteiger charge is -2.21. The largest absolute Gasteiger partial charge is 0.244 e. The first-order valence-electron chi connectivity index (χ1n) is 6.75. The molecule has 1 fully saturated rings. The maximum atomic E-state index is 12.9. The van der Waals surface area contributed by atoms with Crippen LogP contribution < -0.4 is 0 Å².